The van der Waals surface area contributed by atoms with Crippen molar-refractivity contribution in [3.05, 3.63) is 90.4 Å². The van der Waals surface area contributed by atoms with Gasteiger partial charge in [0.25, 0.3) is 0 Å². The van der Waals surface area contributed by atoms with Crippen LogP contribution in [0.1, 0.15) is 21.3 Å². The highest BCUT2D eigenvalue weighted by Gasteiger charge is 2.33. The molecule has 166 valence electrons. The third-order valence-electron chi connectivity index (χ3n) is 5.85. The molecule has 1 fully saturated rings. The van der Waals surface area contributed by atoms with Gasteiger partial charge in [-0.05, 0) is 28.8 Å². The summed E-state index contributed by atoms with van der Waals surface area (Å²) < 4.78 is 1.58. The van der Waals surface area contributed by atoms with Crippen LogP contribution in [0.5, 0.6) is 0 Å². The second-order valence-corrected chi connectivity index (χ2v) is 9.41. The van der Waals surface area contributed by atoms with Gasteiger partial charge in [0.1, 0.15) is 0 Å². The van der Waals surface area contributed by atoms with E-state index in [-0.39, 0.29) is 23.2 Å². The number of nitrogens with one attached hydrogen (secondary N) is 1. The molecule has 4 aromatic rings. The van der Waals surface area contributed by atoms with E-state index in [1.807, 2.05) is 66.9 Å². The number of benzene rings is 2. The van der Waals surface area contributed by atoms with Crippen LogP contribution in [0.4, 0.5) is 4.79 Å². The van der Waals surface area contributed by atoms with Gasteiger partial charge < -0.3 is 4.90 Å². The van der Waals surface area contributed by atoms with Crippen LogP contribution < -0.4 is 5.32 Å². The molecule has 1 amide bonds. The van der Waals surface area contributed by atoms with E-state index < -0.39 is 0 Å². The van der Waals surface area contributed by atoms with E-state index in [1.54, 1.807) is 42.8 Å². The van der Waals surface area contributed by atoms with E-state index in [2.05, 4.69) is 10.3 Å². The predicted octanol–water partition coefficient (Wildman–Crippen LogP) is 4.82. The molecule has 2 aromatic carbocycles. The average molecular weight is 457 g/mol. The van der Waals surface area contributed by atoms with E-state index in [4.69, 9.17) is 0 Å². The van der Waals surface area contributed by atoms with Crippen molar-refractivity contribution in [3.8, 4) is 11.1 Å². The molecule has 1 N–H and O–H groups in total. The minimum Gasteiger partial charge on any atom is -0.330 e. The summed E-state index contributed by atoms with van der Waals surface area (Å²) in [5, 5.41) is 4.24. The summed E-state index contributed by atoms with van der Waals surface area (Å²) in [6.45, 7) is 0. The van der Waals surface area contributed by atoms with Crippen LogP contribution in [-0.2, 0) is 0 Å². The number of carbonyl (C=O) groups is 2. The molecule has 1 aliphatic heterocycles. The van der Waals surface area contributed by atoms with Crippen molar-refractivity contribution in [2.24, 2.45) is 0 Å². The Morgan fingerprint density at radius 2 is 1.88 bits per heavy atom. The van der Waals surface area contributed by atoms with E-state index in [0.717, 1.165) is 27.6 Å². The van der Waals surface area contributed by atoms with Crippen LogP contribution in [0.2, 0.25) is 0 Å². The van der Waals surface area contributed by atoms with Crippen LogP contribution in [-0.4, -0.2) is 52.2 Å². The molecule has 0 saturated carbocycles. The summed E-state index contributed by atoms with van der Waals surface area (Å²) in [4.78, 5) is 32.2. The number of aromatic nitrogens is 2. The zero-order valence-corrected chi connectivity index (χ0v) is 19.3. The maximum atomic E-state index is 13.6. The van der Waals surface area contributed by atoms with Crippen LogP contribution in [0, 0.1) is 0 Å². The highest BCUT2D eigenvalue weighted by Crippen LogP contribution is 2.35. The van der Waals surface area contributed by atoms with Gasteiger partial charge in [0.05, 0.1) is 16.9 Å². The van der Waals surface area contributed by atoms with Gasteiger partial charge in [-0.1, -0.05) is 48.5 Å². The molecule has 0 radical (unpaired) electrons. The second-order valence-electron chi connectivity index (χ2n) is 8.27. The van der Waals surface area contributed by atoms with Crippen molar-refractivity contribution >= 4 is 34.5 Å². The Morgan fingerprint density at radius 1 is 1.06 bits per heavy atom. The van der Waals surface area contributed by atoms with Gasteiger partial charge in [-0.25, -0.2) is 4.79 Å². The summed E-state index contributed by atoms with van der Waals surface area (Å²) in [6, 6.07) is 19.4. The van der Waals surface area contributed by atoms with E-state index in [9.17, 15) is 9.59 Å². The van der Waals surface area contributed by atoms with Gasteiger partial charge in [0, 0.05) is 49.4 Å². The van der Waals surface area contributed by atoms with Crippen molar-refractivity contribution in [1.29, 1.82) is 0 Å². The van der Waals surface area contributed by atoms with E-state index in [0.29, 0.717) is 11.3 Å². The minimum atomic E-state index is -0.331. The fourth-order valence-electron chi connectivity index (χ4n) is 4.14. The lowest BCUT2D eigenvalue weighted by Gasteiger charge is -2.12. The number of rotatable bonds is 4. The first-order valence-corrected chi connectivity index (χ1v) is 11.8. The highest BCUT2D eigenvalue weighted by molar-refractivity contribution is 7.99. The first kappa shape index (κ1) is 21.4. The molecule has 1 aliphatic rings. The summed E-state index contributed by atoms with van der Waals surface area (Å²) in [5.74, 6) is 0.658. The molecule has 0 bridgehead atoms. The molecule has 1 saturated heterocycles. The monoisotopic (exact) mass is 456 g/mol. The molecular formula is C26H24N4O2S. The number of hydrogen-bond donors (Lipinski definition) is 1. The largest absolute Gasteiger partial charge is 0.330 e. The third-order valence-corrected chi connectivity index (χ3v) is 7.12. The fourth-order valence-corrected chi connectivity index (χ4v) is 5.37. The Bertz CT molecular complexity index is 1320. The Hall–Kier alpha value is -3.42. The summed E-state index contributed by atoms with van der Waals surface area (Å²) in [5.41, 5.74) is 4.40. The van der Waals surface area contributed by atoms with Crippen molar-refractivity contribution < 1.29 is 9.59 Å². The van der Waals surface area contributed by atoms with E-state index in [1.165, 1.54) is 4.90 Å². The van der Waals surface area contributed by atoms with Gasteiger partial charge in [0.15, 0.2) is 5.78 Å². The third kappa shape index (κ3) is 4.05. The molecule has 5 rings (SSSR count). The quantitative estimate of drug-likeness (QED) is 0.446. The molecule has 6 nitrogen and oxygen atoms in total. The lowest BCUT2D eigenvalue weighted by Crippen LogP contribution is -2.34. The van der Waals surface area contributed by atoms with Gasteiger partial charge in [-0.2, -0.15) is 0 Å². The Balaban J connectivity index is 1.53. The smallest absolute Gasteiger partial charge is 0.328 e. The maximum Gasteiger partial charge on any atom is 0.328 e. The standard InChI is InChI=1S/C26H24N4O2S/c1-29(2)26(32)30-15-21(20-11-10-18(13-23(20)30)17-7-4-3-5-8-17)24(31)22-16-33-25(28-22)19-9-6-12-27-14-19/h3-15,22,25,28H,16H2,1-2H3. The van der Waals surface area contributed by atoms with Gasteiger partial charge in [-0.3, -0.25) is 19.7 Å². The number of thioether (sulfide) groups is 1. The zero-order valence-electron chi connectivity index (χ0n) is 18.4. The number of amides is 1. The summed E-state index contributed by atoms with van der Waals surface area (Å²) in [7, 11) is 3.43. The van der Waals surface area contributed by atoms with Crippen molar-refractivity contribution in [2.75, 3.05) is 19.8 Å². The van der Waals surface area contributed by atoms with Crippen LogP contribution in [0.15, 0.2) is 79.3 Å². The van der Waals surface area contributed by atoms with Crippen molar-refractivity contribution in [1.82, 2.24) is 19.8 Å². The molecule has 33 heavy (non-hydrogen) atoms. The maximum absolute atomic E-state index is 13.6. The lowest BCUT2D eigenvalue weighted by atomic mass is 10.0. The Labute approximate surface area is 196 Å². The molecule has 2 atom stereocenters. The number of pyridine rings is 1. The van der Waals surface area contributed by atoms with Crippen LogP contribution in [0.25, 0.3) is 22.0 Å². The number of Topliss-reactive ketones (excluding diaryl/α,β-unsaturated/α-hetero) is 1. The number of ketones is 1. The second kappa shape index (κ2) is 8.84. The lowest BCUT2D eigenvalue weighted by molar-refractivity contribution is 0.0957. The molecular weight excluding hydrogens is 432 g/mol. The van der Waals surface area contributed by atoms with E-state index >= 15 is 0 Å². The normalized spacial score (nSPS) is 17.9. The Kier molecular flexibility index (Phi) is 5.74. The molecule has 0 aliphatic carbocycles. The number of fused-ring (bicyclic) bond motifs is 1. The van der Waals surface area contributed by atoms with Crippen LogP contribution in [0.3, 0.4) is 0 Å². The number of hydrogen-bond acceptors (Lipinski definition) is 5. The zero-order chi connectivity index (χ0) is 22.9. The van der Waals surface area contributed by atoms with Gasteiger partial charge >= 0.3 is 6.03 Å². The average Bonchev–Trinajstić information content (AvgIpc) is 3.49. The van der Waals surface area contributed by atoms with Crippen molar-refractivity contribution in [2.45, 2.75) is 11.4 Å². The van der Waals surface area contributed by atoms with Gasteiger partial charge in [-0.15, -0.1) is 11.8 Å². The fraction of sp³-hybridized carbons (Fsp3) is 0.192. The predicted molar refractivity (Wildman–Crippen MR) is 133 cm³/mol. The molecule has 2 unspecified atom stereocenters. The highest BCUT2D eigenvalue weighted by atomic mass is 32.2. The SMILES string of the molecule is CN(C)C(=O)n1cc(C(=O)C2CSC(c3cccnc3)N2)c2ccc(-c3ccccc3)cc21. The summed E-state index contributed by atoms with van der Waals surface area (Å²) in [6.07, 6.45) is 5.25. The first-order valence-electron chi connectivity index (χ1n) is 10.8. The number of nitrogens with zero attached hydrogens (tertiary/aromatic N) is 3. The molecule has 3 heterocycles. The van der Waals surface area contributed by atoms with Gasteiger partial charge in [0.2, 0.25) is 0 Å². The molecule has 0 spiro atoms. The summed E-state index contributed by atoms with van der Waals surface area (Å²) >= 11 is 1.70. The Morgan fingerprint density at radius 3 is 2.61 bits per heavy atom. The minimum absolute atomic E-state index is 0.00309. The number of carbonyl (C=O) groups excluding carboxylic acids is 2. The molecule has 2 aromatic heterocycles. The topological polar surface area (TPSA) is 67.2 Å². The molecule has 7 heteroatoms. The van der Waals surface area contributed by atoms with Crippen LogP contribution >= 0.6 is 11.8 Å². The van der Waals surface area contributed by atoms with Crippen molar-refractivity contribution in [3.63, 3.8) is 0 Å². The first-order chi connectivity index (χ1) is 16.0.